The lowest BCUT2D eigenvalue weighted by Crippen LogP contribution is -2.31. The van der Waals surface area contributed by atoms with Gasteiger partial charge in [0.1, 0.15) is 11.5 Å². The molecule has 0 aliphatic carbocycles. The fourth-order valence-corrected chi connectivity index (χ4v) is 2.75. The average molecular weight is 307 g/mol. The molecule has 0 aliphatic heterocycles. The highest BCUT2D eigenvalue weighted by Gasteiger charge is 2.23. The summed E-state index contributed by atoms with van der Waals surface area (Å²) in [5.41, 5.74) is 6.93. The number of ether oxygens (including phenoxy) is 2. The van der Waals surface area contributed by atoms with Gasteiger partial charge in [-0.15, -0.1) is 11.3 Å². The Morgan fingerprint density at radius 2 is 1.90 bits per heavy atom. The lowest BCUT2D eigenvalue weighted by Gasteiger charge is -2.21. The molecular formula is C14H17N3O3S. The molecule has 2 rings (SSSR count). The van der Waals surface area contributed by atoms with Crippen LogP contribution in [0.3, 0.4) is 0 Å². The van der Waals surface area contributed by atoms with Crippen molar-refractivity contribution in [3.05, 3.63) is 28.8 Å². The van der Waals surface area contributed by atoms with Crippen LogP contribution in [0.1, 0.15) is 10.4 Å². The summed E-state index contributed by atoms with van der Waals surface area (Å²) in [7, 11) is 3.11. The number of hydrogen-bond donors (Lipinski definition) is 1. The molecule has 0 bridgehead atoms. The highest BCUT2D eigenvalue weighted by molar-refractivity contribution is 7.15. The van der Waals surface area contributed by atoms with Gasteiger partial charge in [-0.1, -0.05) is 0 Å². The molecule has 0 saturated heterocycles. The molecule has 0 atom stereocenters. The Morgan fingerprint density at radius 1 is 1.24 bits per heavy atom. The molecule has 7 heteroatoms. The first-order valence-electron chi connectivity index (χ1n) is 6.22. The second kappa shape index (κ2) is 6.01. The van der Waals surface area contributed by atoms with E-state index in [1.165, 1.54) is 23.3 Å². The third kappa shape index (κ3) is 2.92. The SMILES string of the molecule is COc1cc(OC)c(N(C(N)=O)c2ncc(C)s2)cc1C. The topological polar surface area (TPSA) is 77.7 Å². The molecule has 0 aliphatic rings. The number of methoxy groups -OCH3 is 2. The summed E-state index contributed by atoms with van der Waals surface area (Å²) in [6, 6.07) is 2.90. The molecule has 0 unspecified atom stereocenters. The number of anilines is 2. The number of aryl methyl sites for hydroxylation is 2. The van der Waals surface area contributed by atoms with E-state index in [0.29, 0.717) is 22.3 Å². The van der Waals surface area contributed by atoms with Crippen LogP contribution in [0.15, 0.2) is 18.3 Å². The van der Waals surface area contributed by atoms with Crippen LogP contribution in [-0.2, 0) is 0 Å². The lowest BCUT2D eigenvalue weighted by molar-refractivity contribution is 0.256. The number of aromatic nitrogens is 1. The van der Waals surface area contributed by atoms with E-state index in [9.17, 15) is 4.79 Å². The van der Waals surface area contributed by atoms with E-state index in [-0.39, 0.29) is 0 Å². The number of carbonyl (C=O) groups excluding carboxylic acids is 1. The first-order valence-corrected chi connectivity index (χ1v) is 7.04. The van der Waals surface area contributed by atoms with E-state index in [1.54, 1.807) is 25.4 Å². The Hall–Kier alpha value is -2.28. The zero-order valence-corrected chi connectivity index (χ0v) is 13.2. The highest BCUT2D eigenvalue weighted by Crippen LogP contribution is 2.39. The van der Waals surface area contributed by atoms with Gasteiger partial charge in [0.25, 0.3) is 0 Å². The van der Waals surface area contributed by atoms with Crippen molar-refractivity contribution in [3.8, 4) is 11.5 Å². The zero-order chi connectivity index (χ0) is 15.6. The molecule has 1 heterocycles. The summed E-state index contributed by atoms with van der Waals surface area (Å²) in [6.45, 7) is 3.80. The van der Waals surface area contributed by atoms with Crippen LogP contribution in [-0.4, -0.2) is 25.2 Å². The number of benzene rings is 1. The molecule has 1 aromatic heterocycles. The number of urea groups is 1. The first kappa shape index (κ1) is 15.1. The maximum absolute atomic E-state index is 11.9. The van der Waals surface area contributed by atoms with Gasteiger partial charge in [-0.2, -0.15) is 0 Å². The molecule has 112 valence electrons. The summed E-state index contributed by atoms with van der Waals surface area (Å²) < 4.78 is 10.6. The van der Waals surface area contributed by atoms with Crippen molar-refractivity contribution in [1.29, 1.82) is 0 Å². The number of thiazole rings is 1. The van der Waals surface area contributed by atoms with Gasteiger partial charge in [-0.25, -0.2) is 14.7 Å². The van der Waals surface area contributed by atoms with Crippen LogP contribution in [0.5, 0.6) is 11.5 Å². The number of amides is 2. The van der Waals surface area contributed by atoms with Crippen LogP contribution in [0.25, 0.3) is 0 Å². The molecular weight excluding hydrogens is 290 g/mol. The van der Waals surface area contributed by atoms with E-state index in [4.69, 9.17) is 15.2 Å². The Morgan fingerprint density at radius 3 is 2.38 bits per heavy atom. The minimum atomic E-state index is -0.618. The van der Waals surface area contributed by atoms with E-state index in [0.717, 1.165) is 10.4 Å². The monoisotopic (exact) mass is 307 g/mol. The quantitative estimate of drug-likeness (QED) is 0.942. The second-order valence-corrected chi connectivity index (χ2v) is 5.63. The summed E-state index contributed by atoms with van der Waals surface area (Å²) in [5, 5.41) is 0.503. The fraction of sp³-hybridized carbons (Fsp3) is 0.286. The average Bonchev–Trinajstić information content (AvgIpc) is 2.85. The van der Waals surface area contributed by atoms with Gasteiger partial charge in [0.05, 0.1) is 19.9 Å². The maximum Gasteiger partial charge on any atom is 0.325 e. The third-order valence-corrected chi connectivity index (χ3v) is 3.86. The molecule has 21 heavy (non-hydrogen) atoms. The summed E-state index contributed by atoms with van der Waals surface area (Å²) in [5.74, 6) is 1.17. The minimum Gasteiger partial charge on any atom is -0.496 e. The van der Waals surface area contributed by atoms with E-state index < -0.39 is 6.03 Å². The van der Waals surface area contributed by atoms with Crippen molar-refractivity contribution in [2.75, 3.05) is 19.1 Å². The van der Waals surface area contributed by atoms with E-state index in [2.05, 4.69) is 4.98 Å². The van der Waals surface area contributed by atoms with Crippen molar-refractivity contribution < 1.29 is 14.3 Å². The van der Waals surface area contributed by atoms with Gasteiger partial charge in [0, 0.05) is 17.1 Å². The minimum absolute atomic E-state index is 0.490. The summed E-state index contributed by atoms with van der Waals surface area (Å²) >= 11 is 1.38. The number of nitrogens with two attached hydrogens (primary N) is 1. The van der Waals surface area contributed by atoms with Crippen molar-refractivity contribution in [3.63, 3.8) is 0 Å². The Balaban J connectivity index is 2.60. The van der Waals surface area contributed by atoms with Gasteiger partial charge in [0.2, 0.25) is 0 Å². The molecule has 0 fully saturated rings. The van der Waals surface area contributed by atoms with Gasteiger partial charge < -0.3 is 15.2 Å². The maximum atomic E-state index is 11.9. The number of hydrogen-bond acceptors (Lipinski definition) is 5. The largest absolute Gasteiger partial charge is 0.496 e. The third-order valence-electron chi connectivity index (χ3n) is 2.96. The van der Waals surface area contributed by atoms with Gasteiger partial charge in [-0.3, -0.25) is 0 Å². The van der Waals surface area contributed by atoms with Crippen LogP contribution in [0.4, 0.5) is 15.6 Å². The normalized spacial score (nSPS) is 10.3. The van der Waals surface area contributed by atoms with Crippen LogP contribution >= 0.6 is 11.3 Å². The highest BCUT2D eigenvalue weighted by atomic mass is 32.1. The van der Waals surface area contributed by atoms with Crippen molar-refractivity contribution in [2.24, 2.45) is 5.73 Å². The molecule has 0 radical (unpaired) electrons. The second-order valence-electron chi connectivity index (χ2n) is 4.42. The Labute approximate surface area is 127 Å². The van der Waals surface area contributed by atoms with Crippen LogP contribution in [0, 0.1) is 13.8 Å². The van der Waals surface area contributed by atoms with Crippen molar-refractivity contribution in [2.45, 2.75) is 13.8 Å². The zero-order valence-electron chi connectivity index (χ0n) is 12.3. The molecule has 2 aromatic rings. The number of nitrogens with zero attached hydrogens (tertiary/aromatic N) is 2. The molecule has 1 aromatic carbocycles. The smallest absolute Gasteiger partial charge is 0.325 e. The van der Waals surface area contributed by atoms with Gasteiger partial charge >= 0.3 is 6.03 Å². The number of primary amides is 1. The Bertz CT molecular complexity index is 669. The molecule has 0 spiro atoms. The van der Waals surface area contributed by atoms with Gasteiger partial charge in [0.15, 0.2) is 5.13 Å². The van der Waals surface area contributed by atoms with E-state index in [1.807, 2.05) is 13.8 Å². The fourth-order valence-electron chi connectivity index (χ4n) is 1.97. The molecule has 0 saturated carbocycles. The Kier molecular flexibility index (Phi) is 4.32. The number of carbonyl (C=O) groups is 1. The molecule has 2 N–H and O–H groups in total. The van der Waals surface area contributed by atoms with Crippen LogP contribution in [0.2, 0.25) is 0 Å². The van der Waals surface area contributed by atoms with Crippen molar-refractivity contribution >= 4 is 28.2 Å². The lowest BCUT2D eigenvalue weighted by atomic mass is 10.1. The molecule has 6 nitrogen and oxygen atoms in total. The summed E-state index contributed by atoms with van der Waals surface area (Å²) in [6.07, 6.45) is 1.69. The van der Waals surface area contributed by atoms with E-state index >= 15 is 0 Å². The number of rotatable bonds is 4. The van der Waals surface area contributed by atoms with Crippen LogP contribution < -0.4 is 20.1 Å². The predicted molar refractivity (Wildman–Crippen MR) is 82.9 cm³/mol. The van der Waals surface area contributed by atoms with Gasteiger partial charge in [-0.05, 0) is 25.5 Å². The standard InChI is InChI=1S/C14H17N3O3S/c1-8-5-10(12(20-4)6-11(8)19-3)17(13(15)18)14-16-7-9(2)21-14/h5-7H,1-4H3,(H2,15,18). The molecule has 2 amide bonds. The van der Waals surface area contributed by atoms with Crippen molar-refractivity contribution in [1.82, 2.24) is 4.98 Å². The summed E-state index contributed by atoms with van der Waals surface area (Å²) in [4.78, 5) is 18.4. The first-order chi connectivity index (χ1) is 9.97. The predicted octanol–water partition coefficient (Wildman–Crippen LogP) is 2.99.